The lowest BCUT2D eigenvalue weighted by Crippen LogP contribution is -2.23. The summed E-state index contributed by atoms with van der Waals surface area (Å²) in [6.45, 7) is 0.366. The van der Waals surface area contributed by atoms with Gasteiger partial charge >= 0.3 is 5.97 Å². The zero-order chi connectivity index (χ0) is 23.9. The quantitative estimate of drug-likeness (QED) is 0.302. The highest BCUT2D eigenvalue weighted by Gasteiger charge is 2.22. The van der Waals surface area contributed by atoms with Gasteiger partial charge < -0.3 is 15.5 Å². The van der Waals surface area contributed by atoms with Gasteiger partial charge in [0.2, 0.25) is 0 Å². The Bertz CT molecular complexity index is 1190. The molecule has 0 saturated carbocycles. The number of carbonyl (C=O) groups excluding carboxylic acids is 1. The monoisotopic (exact) mass is 474 g/mol. The third-order valence-corrected chi connectivity index (χ3v) is 6.20. The molecule has 174 valence electrons. The van der Waals surface area contributed by atoms with E-state index in [1.807, 2.05) is 42.5 Å². The van der Waals surface area contributed by atoms with Crippen molar-refractivity contribution >= 4 is 34.7 Å². The zero-order valence-corrected chi connectivity index (χ0v) is 19.8. The summed E-state index contributed by atoms with van der Waals surface area (Å²) in [6.07, 6.45) is 7.89. The zero-order valence-electron chi connectivity index (χ0n) is 19.1. The van der Waals surface area contributed by atoms with Crippen LogP contribution in [-0.4, -0.2) is 35.3 Å². The van der Waals surface area contributed by atoms with E-state index in [4.69, 9.17) is 26.7 Å². The van der Waals surface area contributed by atoms with Gasteiger partial charge in [-0.15, -0.1) is 0 Å². The summed E-state index contributed by atoms with van der Waals surface area (Å²) in [4.78, 5) is 21.5. The molecular formula is C27H27ClN4O2. The molecule has 3 aromatic rings. The molecule has 0 aliphatic heterocycles. The van der Waals surface area contributed by atoms with E-state index in [0.717, 1.165) is 36.0 Å². The number of carbonyl (C=O) groups is 1. The largest absolute Gasteiger partial charge is 0.465 e. The van der Waals surface area contributed by atoms with E-state index in [-0.39, 0.29) is 11.5 Å². The SMILES string of the molecule is COC(=O)c1cnc(C2=CCCCC2)nc1NCC(C(=N)c1ccc(Cl)cc1)c1ccccc1. The summed E-state index contributed by atoms with van der Waals surface area (Å²) in [5.74, 6) is 0.253. The van der Waals surface area contributed by atoms with Gasteiger partial charge in [0.1, 0.15) is 11.4 Å². The van der Waals surface area contributed by atoms with Crippen LogP contribution in [0, 0.1) is 5.41 Å². The third kappa shape index (κ3) is 5.51. The standard InChI is InChI=1S/C27H27ClN4O2/c1-34-27(33)23-17-30-25(20-10-6-3-7-11-20)32-26(23)31-16-22(18-8-4-2-5-9-18)24(29)19-12-14-21(28)15-13-19/h2,4-5,8-10,12-15,17,22,29H,3,6-7,11,16H2,1H3,(H,30,31,32). The second-order valence-corrected chi connectivity index (χ2v) is 8.62. The molecule has 4 rings (SSSR count). The summed E-state index contributed by atoms with van der Waals surface area (Å²) < 4.78 is 4.95. The smallest absolute Gasteiger partial charge is 0.343 e. The second kappa shape index (κ2) is 11.1. The van der Waals surface area contributed by atoms with Gasteiger partial charge in [-0.05, 0) is 54.5 Å². The molecule has 0 radical (unpaired) electrons. The van der Waals surface area contributed by atoms with Crippen molar-refractivity contribution < 1.29 is 9.53 Å². The number of allylic oxidation sites excluding steroid dienone is 2. The first kappa shape index (κ1) is 23.6. The molecule has 0 bridgehead atoms. The first-order valence-electron chi connectivity index (χ1n) is 11.3. The number of nitrogens with one attached hydrogen (secondary N) is 2. The molecule has 1 unspecified atom stereocenters. The summed E-state index contributed by atoms with van der Waals surface area (Å²) in [5.41, 5.74) is 3.58. The topological polar surface area (TPSA) is 88.0 Å². The molecule has 7 heteroatoms. The Balaban J connectivity index is 1.65. The van der Waals surface area contributed by atoms with Gasteiger partial charge in [-0.3, -0.25) is 0 Å². The lowest BCUT2D eigenvalue weighted by molar-refractivity contribution is 0.0601. The molecule has 34 heavy (non-hydrogen) atoms. The van der Waals surface area contributed by atoms with Crippen molar-refractivity contribution in [3.05, 3.63) is 94.4 Å². The molecule has 0 saturated heterocycles. The Morgan fingerprint density at radius 1 is 1.15 bits per heavy atom. The van der Waals surface area contributed by atoms with Gasteiger partial charge in [0.15, 0.2) is 5.82 Å². The fourth-order valence-electron chi connectivity index (χ4n) is 4.07. The Morgan fingerprint density at radius 3 is 2.59 bits per heavy atom. The molecule has 0 fully saturated rings. The summed E-state index contributed by atoms with van der Waals surface area (Å²) in [5, 5.41) is 12.9. The van der Waals surface area contributed by atoms with Crippen molar-refractivity contribution in [2.24, 2.45) is 0 Å². The van der Waals surface area contributed by atoms with E-state index in [9.17, 15) is 4.79 Å². The van der Waals surface area contributed by atoms with Crippen molar-refractivity contribution in [2.75, 3.05) is 19.0 Å². The third-order valence-electron chi connectivity index (χ3n) is 5.95. The van der Waals surface area contributed by atoms with Crippen LogP contribution in [0.4, 0.5) is 5.82 Å². The molecule has 6 nitrogen and oxygen atoms in total. The summed E-state index contributed by atoms with van der Waals surface area (Å²) in [6, 6.07) is 17.1. The normalized spacial score (nSPS) is 14.1. The van der Waals surface area contributed by atoms with E-state index in [1.165, 1.54) is 19.7 Å². The Labute approximate surface area is 204 Å². The Kier molecular flexibility index (Phi) is 7.70. The number of nitrogens with zero attached hydrogens (tertiary/aromatic N) is 2. The van der Waals surface area contributed by atoms with Crippen LogP contribution in [0.3, 0.4) is 0 Å². The molecule has 2 N–H and O–H groups in total. The number of ether oxygens (including phenoxy) is 1. The van der Waals surface area contributed by atoms with Crippen molar-refractivity contribution in [1.29, 1.82) is 5.41 Å². The molecule has 1 atom stereocenters. The van der Waals surface area contributed by atoms with Gasteiger partial charge in [0.25, 0.3) is 0 Å². The molecule has 1 heterocycles. The first-order chi connectivity index (χ1) is 16.6. The molecule has 1 aliphatic rings. The lowest BCUT2D eigenvalue weighted by Gasteiger charge is -2.21. The van der Waals surface area contributed by atoms with Crippen LogP contribution in [0.25, 0.3) is 5.57 Å². The van der Waals surface area contributed by atoms with Gasteiger partial charge in [-0.2, -0.15) is 0 Å². The second-order valence-electron chi connectivity index (χ2n) is 8.19. The van der Waals surface area contributed by atoms with E-state index in [1.54, 1.807) is 12.1 Å². The highest BCUT2D eigenvalue weighted by atomic mass is 35.5. The van der Waals surface area contributed by atoms with Crippen LogP contribution in [0.1, 0.15) is 58.9 Å². The van der Waals surface area contributed by atoms with Gasteiger partial charge in [-0.25, -0.2) is 14.8 Å². The average Bonchev–Trinajstić information content (AvgIpc) is 2.89. The molecular weight excluding hydrogens is 448 g/mol. The number of hydrogen-bond donors (Lipinski definition) is 2. The van der Waals surface area contributed by atoms with Crippen LogP contribution < -0.4 is 5.32 Å². The highest BCUT2D eigenvalue weighted by Crippen LogP contribution is 2.27. The number of halogens is 1. The van der Waals surface area contributed by atoms with Crippen LogP contribution in [0.15, 0.2) is 66.9 Å². The number of methoxy groups -OCH3 is 1. The fraction of sp³-hybridized carbons (Fsp3) is 0.259. The minimum Gasteiger partial charge on any atom is -0.465 e. The van der Waals surface area contributed by atoms with Crippen molar-refractivity contribution in [3.63, 3.8) is 0 Å². The Morgan fingerprint density at radius 2 is 1.91 bits per heavy atom. The van der Waals surface area contributed by atoms with E-state index < -0.39 is 5.97 Å². The highest BCUT2D eigenvalue weighted by molar-refractivity contribution is 6.30. The number of anilines is 1. The van der Waals surface area contributed by atoms with Crippen LogP contribution >= 0.6 is 11.6 Å². The fourth-order valence-corrected chi connectivity index (χ4v) is 4.20. The minimum absolute atomic E-state index is 0.271. The van der Waals surface area contributed by atoms with Crippen LogP contribution in [-0.2, 0) is 4.74 Å². The van der Waals surface area contributed by atoms with E-state index >= 15 is 0 Å². The number of hydrogen-bond acceptors (Lipinski definition) is 6. The summed E-state index contributed by atoms with van der Waals surface area (Å²) in [7, 11) is 1.34. The number of rotatable bonds is 8. The molecule has 2 aromatic carbocycles. The Hall–Kier alpha value is -3.51. The number of esters is 1. The van der Waals surface area contributed by atoms with Crippen molar-refractivity contribution in [1.82, 2.24) is 9.97 Å². The van der Waals surface area contributed by atoms with Crippen LogP contribution in [0.5, 0.6) is 0 Å². The lowest BCUT2D eigenvalue weighted by atomic mass is 9.90. The minimum atomic E-state index is -0.504. The van der Waals surface area contributed by atoms with Gasteiger partial charge in [0.05, 0.1) is 7.11 Å². The molecule has 1 aromatic heterocycles. The summed E-state index contributed by atoms with van der Waals surface area (Å²) >= 11 is 6.05. The van der Waals surface area contributed by atoms with Gasteiger partial charge in [-0.1, -0.05) is 60.1 Å². The average molecular weight is 475 g/mol. The molecule has 1 aliphatic carbocycles. The maximum Gasteiger partial charge on any atom is 0.343 e. The number of aromatic nitrogens is 2. The number of benzene rings is 2. The van der Waals surface area contributed by atoms with Gasteiger partial charge in [0, 0.05) is 29.4 Å². The predicted molar refractivity (Wildman–Crippen MR) is 136 cm³/mol. The first-order valence-corrected chi connectivity index (χ1v) is 11.7. The maximum atomic E-state index is 12.4. The van der Waals surface area contributed by atoms with Crippen LogP contribution in [0.2, 0.25) is 5.02 Å². The molecule has 0 amide bonds. The van der Waals surface area contributed by atoms with E-state index in [0.29, 0.717) is 28.9 Å². The predicted octanol–water partition coefficient (Wildman–Crippen LogP) is 6.14. The van der Waals surface area contributed by atoms with Crippen molar-refractivity contribution in [3.8, 4) is 0 Å². The van der Waals surface area contributed by atoms with E-state index in [2.05, 4.69) is 16.4 Å². The molecule has 0 spiro atoms. The van der Waals surface area contributed by atoms with Crippen molar-refractivity contribution in [2.45, 2.75) is 31.6 Å². The maximum absolute atomic E-state index is 12.4.